The number of hydrogen-bond acceptors (Lipinski definition) is 2. The Morgan fingerprint density at radius 1 is 1.59 bits per heavy atom. The van der Waals surface area contributed by atoms with Crippen molar-refractivity contribution in [2.75, 3.05) is 6.54 Å². The third kappa shape index (κ3) is 3.73. The van der Waals surface area contributed by atoms with Gasteiger partial charge in [0.2, 0.25) is 0 Å². The van der Waals surface area contributed by atoms with E-state index >= 15 is 0 Å². The highest BCUT2D eigenvalue weighted by molar-refractivity contribution is 7.07. The van der Waals surface area contributed by atoms with Gasteiger partial charge in [0.1, 0.15) is 0 Å². The molecule has 4 heteroatoms. The fourth-order valence-electron chi connectivity index (χ4n) is 1.73. The fraction of sp³-hybridized carbons (Fsp3) is 0.615. The lowest BCUT2D eigenvalue weighted by Gasteiger charge is -2.23. The largest absolute Gasteiger partial charge is 0.370 e. The first-order valence-corrected chi connectivity index (χ1v) is 7.18. The number of nitrogens with zero attached hydrogens (tertiary/aromatic N) is 2. The van der Waals surface area contributed by atoms with E-state index in [4.69, 9.17) is 5.73 Å². The summed E-state index contributed by atoms with van der Waals surface area (Å²) in [7, 11) is 0. The molecule has 0 amide bonds. The summed E-state index contributed by atoms with van der Waals surface area (Å²) >= 11 is 1.74. The molecule has 94 valence electrons. The van der Waals surface area contributed by atoms with E-state index in [1.807, 2.05) is 0 Å². The van der Waals surface area contributed by atoms with Crippen molar-refractivity contribution in [3.8, 4) is 0 Å². The zero-order valence-corrected chi connectivity index (χ0v) is 11.4. The van der Waals surface area contributed by atoms with Crippen molar-refractivity contribution in [3.05, 3.63) is 22.4 Å². The van der Waals surface area contributed by atoms with Gasteiger partial charge in [-0.1, -0.05) is 13.8 Å². The molecule has 2 rings (SSSR count). The minimum atomic E-state index is 0.566. The van der Waals surface area contributed by atoms with E-state index in [2.05, 4.69) is 40.6 Å². The molecule has 3 nitrogen and oxygen atoms in total. The van der Waals surface area contributed by atoms with Crippen LogP contribution in [0.5, 0.6) is 0 Å². The van der Waals surface area contributed by atoms with E-state index in [0.717, 1.165) is 13.1 Å². The quantitative estimate of drug-likeness (QED) is 0.646. The maximum absolute atomic E-state index is 6.10. The van der Waals surface area contributed by atoms with E-state index in [0.29, 0.717) is 17.9 Å². The van der Waals surface area contributed by atoms with Gasteiger partial charge in [0.05, 0.1) is 0 Å². The SMILES string of the molecule is CC(C)CN=C(N)N(Cc1ccsc1)C1CC1. The van der Waals surface area contributed by atoms with Crippen LogP contribution < -0.4 is 5.73 Å². The van der Waals surface area contributed by atoms with Gasteiger partial charge in [0.25, 0.3) is 0 Å². The predicted molar refractivity (Wildman–Crippen MR) is 74.2 cm³/mol. The Labute approximate surface area is 107 Å². The topological polar surface area (TPSA) is 41.6 Å². The highest BCUT2D eigenvalue weighted by atomic mass is 32.1. The normalized spacial score (nSPS) is 16.5. The van der Waals surface area contributed by atoms with Crippen molar-refractivity contribution >= 4 is 17.3 Å². The highest BCUT2D eigenvalue weighted by Crippen LogP contribution is 2.28. The lowest BCUT2D eigenvalue weighted by molar-refractivity contribution is 0.396. The monoisotopic (exact) mass is 251 g/mol. The number of hydrogen-bond donors (Lipinski definition) is 1. The minimum Gasteiger partial charge on any atom is -0.370 e. The van der Waals surface area contributed by atoms with Crippen molar-refractivity contribution in [1.29, 1.82) is 0 Å². The average molecular weight is 251 g/mol. The van der Waals surface area contributed by atoms with Gasteiger partial charge in [0.15, 0.2) is 5.96 Å². The molecule has 0 unspecified atom stereocenters. The molecule has 17 heavy (non-hydrogen) atoms. The summed E-state index contributed by atoms with van der Waals surface area (Å²) in [5, 5.41) is 4.30. The second kappa shape index (κ2) is 5.54. The Morgan fingerprint density at radius 2 is 2.35 bits per heavy atom. The molecule has 1 aliphatic rings. The van der Waals surface area contributed by atoms with Crippen LogP contribution in [-0.2, 0) is 6.54 Å². The summed E-state index contributed by atoms with van der Waals surface area (Å²) in [5.74, 6) is 1.28. The van der Waals surface area contributed by atoms with Crippen LogP contribution in [0.15, 0.2) is 21.8 Å². The van der Waals surface area contributed by atoms with Gasteiger partial charge in [-0.3, -0.25) is 4.99 Å². The third-order valence-corrected chi connectivity index (χ3v) is 3.57. The second-order valence-electron chi connectivity index (χ2n) is 5.08. The molecule has 0 bridgehead atoms. The Bertz CT molecular complexity index is 366. The molecule has 1 aliphatic carbocycles. The number of nitrogens with two attached hydrogens (primary N) is 1. The van der Waals surface area contributed by atoms with E-state index in [1.54, 1.807) is 11.3 Å². The highest BCUT2D eigenvalue weighted by Gasteiger charge is 2.30. The molecule has 2 N–H and O–H groups in total. The van der Waals surface area contributed by atoms with Crippen molar-refractivity contribution < 1.29 is 0 Å². The molecular formula is C13H21N3S. The van der Waals surface area contributed by atoms with Crippen LogP contribution in [0.4, 0.5) is 0 Å². The van der Waals surface area contributed by atoms with Crippen LogP contribution in [0, 0.1) is 5.92 Å². The molecule has 1 fully saturated rings. The molecule has 0 aliphatic heterocycles. The summed E-state index contributed by atoms with van der Waals surface area (Å²) in [5.41, 5.74) is 7.44. The van der Waals surface area contributed by atoms with Gasteiger partial charge in [-0.05, 0) is 41.1 Å². The van der Waals surface area contributed by atoms with Crippen molar-refractivity contribution in [1.82, 2.24) is 4.90 Å². The first-order chi connectivity index (χ1) is 8.16. The van der Waals surface area contributed by atoms with E-state index < -0.39 is 0 Å². The van der Waals surface area contributed by atoms with Crippen molar-refractivity contribution in [2.24, 2.45) is 16.6 Å². The predicted octanol–water partition coefficient (Wildman–Crippen LogP) is 2.68. The van der Waals surface area contributed by atoms with Crippen LogP contribution in [0.3, 0.4) is 0 Å². The summed E-state index contributed by atoms with van der Waals surface area (Å²) in [6.45, 7) is 6.05. The summed E-state index contributed by atoms with van der Waals surface area (Å²) < 4.78 is 0. The van der Waals surface area contributed by atoms with Crippen molar-refractivity contribution in [2.45, 2.75) is 39.3 Å². The molecule has 0 radical (unpaired) electrons. The number of guanidine groups is 1. The Balaban J connectivity index is 1.99. The Hall–Kier alpha value is -1.03. The third-order valence-electron chi connectivity index (χ3n) is 2.83. The van der Waals surface area contributed by atoms with Crippen LogP contribution in [-0.4, -0.2) is 23.4 Å². The molecule has 1 aromatic heterocycles. The minimum absolute atomic E-state index is 0.566. The van der Waals surface area contributed by atoms with Crippen LogP contribution in [0.25, 0.3) is 0 Å². The molecule has 1 aromatic rings. The molecule has 1 saturated carbocycles. The summed E-state index contributed by atoms with van der Waals surface area (Å²) in [6, 6.07) is 2.78. The summed E-state index contributed by atoms with van der Waals surface area (Å²) in [4.78, 5) is 6.74. The Kier molecular flexibility index (Phi) is 4.05. The first kappa shape index (κ1) is 12.4. The lowest BCUT2D eigenvalue weighted by Crippen LogP contribution is -2.38. The molecule has 0 saturated heterocycles. The number of aliphatic imine (C=N–C) groups is 1. The maximum atomic E-state index is 6.10. The Morgan fingerprint density at radius 3 is 2.88 bits per heavy atom. The molecular weight excluding hydrogens is 230 g/mol. The molecule has 0 atom stereocenters. The zero-order chi connectivity index (χ0) is 12.3. The average Bonchev–Trinajstić information content (AvgIpc) is 3.00. The first-order valence-electron chi connectivity index (χ1n) is 6.24. The standard InChI is InChI=1S/C13H21N3S/c1-10(2)7-15-13(14)16(12-3-4-12)8-11-5-6-17-9-11/h5-6,9-10,12H,3-4,7-8H2,1-2H3,(H2,14,15). The molecule has 0 aromatic carbocycles. The van der Waals surface area contributed by atoms with Crippen LogP contribution >= 0.6 is 11.3 Å². The lowest BCUT2D eigenvalue weighted by atomic mass is 10.2. The van der Waals surface area contributed by atoms with Crippen molar-refractivity contribution in [3.63, 3.8) is 0 Å². The maximum Gasteiger partial charge on any atom is 0.191 e. The van der Waals surface area contributed by atoms with Gasteiger partial charge in [0, 0.05) is 19.1 Å². The van der Waals surface area contributed by atoms with Gasteiger partial charge in [-0.15, -0.1) is 0 Å². The smallest absolute Gasteiger partial charge is 0.191 e. The second-order valence-corrected chi connectivity index (χ2v) is 5.86. The molecule has 1 heterocycles. The van der Waals surface area contributed by atoms with Crippen LogP contribution in [0.2, 0.25) is 0 Å². The van der Waals surface area contributed by atoms with Gasteiger partial charge >= 0.3 is 0 Å². The zero-order valence-electron chi connectivity index (χ0n) is 10.6. The number of rotatable bonds is 5. The summed E-state index contributed by atoms with van der Waals surface area (Å²) in [6.07, 6.45) is 2.50. The fourth-order valence-corrected chi connectivity index (χ4v) is 2.39. The van der Waals surface area contributed by atoms with E-state index in [1.165, 1.54) is 18.4 Å². The van der Waals surface area contributed by atoms with E-state index in [9.17, 15) is 0 Å². The van der Waals surface area contributed by atoms with E-state index in [-0.39, 0.29) is 0 Å². The van der Waals surface area contributed by atoms with Gasteiger partial charge < -0.3 is 10.6 Å². The molecule has 0 spiro atoms. The van der Waals surface area contributed by atoms with Gasteiger partial charge in [-0.2, -0.15) is 11.3 Å². The number of thiophene rings is 1. The van der Waals surface area contributed by atoms with Crippen LogP contribution in [0.1, 0.15) is 32.3 Å². The van der Waals surface area contributed by atoms with Gasteiger partial charge in [-0.25, -0.2) is 0 Å².